The van der Waals surface area contributed by atoms with Crippen molar-refractivity contribution >= 4 is 0 Å². The van der Waals surface area contributed by atoms with Crippen molar-refractivity contribution in [1.82, 2.24) is 15.1 Å². The Morgan fingerprint density at radius 2 is 2.15 bits per heavy atom. The summed E-state index contributed by atoms with van der Waals surface area (Å²) in [5, 5.41) is 7.51. The van der Waals surface area contributed by atoms with Crippen molar-refractivity contribution in [2.24, 2.45) is 5.92 Å². The number of hydrogen-bond donors (Lipinski definition) is 1. The van der Waals surface area contributed by atoms with Gasteiger partial charge in [0.05, 0.1) is 18.9 Å². The van der Waals surface area contributed by atoms with Crippen LogP contribution in [0.4, 0.5) is 0 Å². The van der Waals surface area contributed by atoms with E-state index < -0.39 is 0 Å². The minimum Gasteiger partial charge on any atom is -0.482 e. The highest BCUT2D eigenvalue weighted by atomic mass is 16.5. The van der Waals surface area contributed by atoms with Crippen LogP contribution in [0.25, 0.3) is 0 Å². The molecule has 0 fully saturated rings. The van der Waals surface area contributed by atoms with Crippen molar-refractivity contribution in [2.45, 2.75) is 40.5 Å². The maximum atomic E-state index is 5.71. The zero-order valence-corrected chi connectivity index (χ0v) is 12.4. The normalized spacial score (nSPS) is 11.2. The predicted octanol–water partition coefficient (Wildman–Crippen LogP) is 2.82. The molecular formula is C15H23N3O2. The van der Waals surface area contributed by atoms with Crippen LogP contribution < -0.4 is 10.1 Å². The molecule has 0 saturated heterocycles. The van der Waals surface area contributed by atoms with Gasteiger partial charge < -0.3 is 14.5 Å². The zero-order valence-electron chi connectivity index (χ0n) is 12.4. The Kier molecular flexibility index (Phi) is 5.24. The maximum Gasteiger partial charge on any atom is 0.157 e. The van der Waals surface area contributed by atoms with Gasteiger partial charge in [0.2, 0.25) is 0 Å². The Morgan fingerprint density at radius 1 is 1.35 bits per heavy atom. The monoisotopic (exact) mass is 277 g/mol. The second-order valence-corrected chi connectivity index (χ2v) is 5.21. The molecule has 0 aliphatic rings. The molecule has 2 rings (SSSR count). The van der Waals surface area contributed by atoms with E-state index in [9.17, 15) is 0 Å². The number of hydrogen-bond acceptors (Lipinski definition) is 4. The number of aromatic nitrogens is 2. The van der Waals surface area contributed by atoms with Crippen molar-refractivity contribution < 1.29 is 9.15 Å². The van der Waals surface area contributed by atoms with Crippen molar-refractivity contribution in [2.75, 3.05) is 6.54 Å². The summed E-state index contributed by atoms with van der Waals surface area (Å²) < 4.78 is 13.2. The van der Waals surface area contributed by atoms with E-state index in [4.69, 9.17) is 9.15 Å². The fraction of sp³-hybridized carbons (Fsp3) is 0.533. The van der Waals surface area contributed by atoms with Gasteiger partial charge in [-0.2, -0.15) is 5.10 Å². The van der Waals surface area contributed by atoms with Crippen LogP contribution >= 0.6 is 0 Å². The quantitative estimate of drug-likeness (QED) is 0.806. The van der Waals surface area contributed by atoms with E-state index in [-0.39, 0.29) is 0 Å². The third kappa shape index (κ3) is 4.42. The second kappa shape index (κ2) is 7.14. The predicted molar refractivity (Wildman–Crippen MR) is 77.5 cm³/mol. The molecule has 0 aliphatic carbocycles. The van der Waals surface area contributed by atoms with Crippen molar-refractivity contribution in [3.63, 3.8) is 0 Å². The Bertz CT molecular complexity index is 517. The number of aryl methyl sites for hydroxylation is 1. The van der Waals surface area contributed by atoms with Crippen LogP contribution in [0.2, 0.25) is 0 Å². The van der Waals surface area contributed by atoms with Gasteiger partial charge in [-0.3, -0.25) is 4.68 Å². The molecule has 0 spiro atoms. The van der Waals surface area contributed by atoms with E-state index in [1.54, 1.807) is 6.20 Å². The SMILES string of the molecule is CCn1cc(OCc2ccc(CNCC(C)C)o2)cn1. The van der Waals surface area contributed by atoms with Crippen LogP contribution in [0.5, 0.6) is 5.75 Å². The summed E-state index contributed by atoms with van der Waals surface area (Å²) >= 11 is 0. The third-order valence-corrected chi connectivity index (χ3v) is 2.88. The van der Waals surface area contributed by atoms with E-state index in [0.29, 0.717) is 12.5 Å². The second-order valence-electron chi connectivity index (χ2n) is 5.21. The summed E-state index contributed by atoms with van der Waals surface area (Å²) in [6.07, 6.45) is 3.60. The summed E-state index contributed by atoms with van der Waals surface area (Å²) in [4.78, 5) is 0. The summed E-state index contributed by atoms with van der Waals surface area (Å²) in [5.41, 5.74) is 0. The fourth-order valence-corrected chi connectivity index (χ4v) is 1.83. The molecule has 2 aromatic rings. The Labute approximate surface area is 119 Å². The van der Waals surface area contributed by atoms with Crippen LogP contribution in [0.15, 0.2) is 28.9 Å². The molecular weight excluding hydrogens is 254 g/mol. The summed E-state index contributed by atoms with van der Waals surface area (Å²) in [6, 6.07) is 3.94. The molecule has 0 aromatic carbocycles. The van der Waals surface area contributed by atoms with Crippen LogP contribution in [0.1, 0.15) is 32.3 Å². The average molecular weight is 277 g/mol. The molecule has 110 valence electrons. The smallest absolute Gasteiger partial charge is 0.157 e. The number of ether oxygens (including phenoxy) is 1. The molecule has 20 heavy (non-hydrogen) atoms. The summed E-state index contributed by atoms with van der Waals surface area (Å²) in [7, 11) is 0. The molecule has 1 N–H and O–H groups in total. The average Bonchev–Trinajstić information content (AvgIpc) is 3.04. The number of furan rings is 1. The van der Waals surface area contributed by atoms with Crippen molar-refractivity contribution in [3.05, 3.63) is 36.0 Å². The number of rotatable bonds is 8. The van der Waals surface area contributed by atoms with Crippen LogP contribution in [0.3, 0.4) is 0 Å². The van der Waals surface area contributed by atoms with Gasteiger partial charge in [0.1, 0.15) is 18.1 Å². The highest BCUT2D eigenvalue weighted by Crippen LogP contribution is 2.13. The van der Waals surface area contributed by atoms with Gasteiger partial charge in [-0.25, -0.2) is 0 Å². The van der Waals surface area contributed by atoms with E-state index in [1.165, 1.54) is 0 Å². The highest BCUT2D eigenvalue weighted by molar-refractivity contribution is 5.13. The standard InChI is InChI=1S/C15H23N3O2/c1-4-18-10-15(9-17-18)19-11-14-6-5-13(20-14)8-16-7-12(2)3/h5-6,9-10,12,16H,4,7-8,11H2,1-3H3. The third-order valence-electron chi connectivity index (χ3n) is 2.88. The molecule has 0 bridgehead atoms. The zero-order chi connectivity index (χ0) is 14.4. The van der Waals surface area contributed by atoms with Crippen LogP contribution in [0, 0.1) is 5.92 Å². The maximum absolute atomic E-state index is 5.71. The largest absolute Gasteiger partial charge is 0.482 e. The Balaban J connectivity index is 1.77. The minimum atomic E-state index is 0.430. The minimum absolute atomic E-state index is 0.430. The van der Waals surface area contributed by atoms with Gasteiger partial charge >= 0.3 is 0 Å². The van der Waals surface area contributed by atoms with Gasteiger partial charge in [-0.1, -0.05) is 13.8 Å². The van der Waals surface area contributed by atoms with Gasteiger partial charge in [-0.05, 0) is 31.5 Å². The number of nitrogens with one attached hydrogen (secondary N) is 1. The van der Waals surface area contributed by atoms with Crippen LogP contribution in [-0.2, 0) is 19.7 Å². The molecule has 0 saturated carbocycles. The van der Waals surface area contributed by atoms with Gasteiger partial charge in [0.15, 0.2) is 5.75 Å². The first-order valence-corrected chi connectivity index (χ1v) is 7.11. The van der Waals surface area contributed by atoms with E-state index in [0.717, 1.165) is 36.9 Å². The topological polar surface area (TPSA) is 52.2 Å². The molecule has 0 aliphatic heterocycles. The first kappa shape index (κ1) is 14.7. The molecule has 0 radical (unpaired) electrons. The molecule has 2 aromatic heterocycles. The Morgan fingerprint density at radius 3 is 2.85 bits per heavy atom. The highest BCUT2D eigenvalue weighted by Gasteiger charge is 2.04. The van der Waals surface area contributed by atoms with E-state index in [1.807, 2.05) is 29.9 Å². The molecule has 0 unspecified atom stereocenters. The molecule has 0 atom stereocenters. The van der Waals surface area contributed by atoms with Crippen LogP contribution in [-0.4, -0.2) is 16.3 Å². The van der Waals surface area contributed by atoms with Gasteiger partial charge in [0.25, 0.3) is 0 Å². The molecule has 0 amide bonds. The van der Waals surface area contributed by atoms with E-state index in [2.05, 4.69) is 24.3 Å². The molecule has 2 heterocycles. The first-order chi connectivity index (χ1) is 9.67. The number of nitrogens with zero attached hydrogens (tertiary/aromatic N) is 2. The van der Waals surface area contributed by atoms with Crippen molar-refractivity contribution in [3.8, 4) is 5.75 Å². The van der Waals surface area contributed by atoms with E-state index >= 15 is 0 Å². The van der Waals surface area contributed by atoms with Crippen molar-refractivity contribution in [1.29, 1.82) is 0 Å². The van der Waals surface area contributed by atoms with Gasteiger partial charge in [-0.15, -0.1) is 0 Å². The lowest BCUT2D eigenvalue weighted by Crippen LogP contribution is -2.18. The Hall–Kier alpha value is -1.75. The lowest BCUT2D eigenvalue weighted by molar-refractivity contribution is 0.264. The summed E-state index contributed by atoms with van der Waals surface area (Å²) in [5.74, 6) is 3.18. The molecule has 5 nitrogen and oxygen atoms in total. The van der Waals surface area contributed by atoms with Gasteiger partial charge in [0, 0.05) is 6.54 Å². The lowest BCUT2D eigenvalue weighted by atomic mass is 10.2. The summed E-state index contributed by atoms with van der Waals surface area (Å²) in [6.45, 7) is 9.43. The lowest BCUT2D eigenvalue weighted by Gasteiger charge is -2.05. The fourth-order valence-electron chi connectivity index (χ4n) is 1.83. The molecule has 5 heteroatoms. The first-order valence-electron chi connectivity index (χ1n) is 7.11.